The van der Waals surface area contributed by atoms with Crippen molar-refractivity contribution in [2.24, 2.45) is 5.92 Å². The number of hydroxylamine groups is 1. The van der Waals surface area contributed by atoms with Gasteiger partial charge >= 0.3 is 0 Å². The molecule has 0 aliphatic heterocycles. The summed E-state index contributed by atoms with van der Waals surface area (Å²) in [6.07, 6.45) is 0.102. The molecule has 0 saturated carbocycles. The van der Waals surface area contributed by atoms with E-state index in [1.165, 1.54) is 0 Å². The summed E-state index contributed by atoms with van der Waals surface area (Å²) in [5.74, 6) is -0.630. The van der Waals surface area contributed by atoms with Crippen molar-refractivity contribution in [3.05, 3.63) is 60.2 Å². The number of rotatable bonds is 15. The van der Waals surface area contributed by atoms with Crippen LogP contribution in [0.25, 0.3) is 0 Å². The van der Waals surface area contributed by atoms with E-state index in [2.05, 4.69) is 5.32 Å². The summed E-state index contributed by atoms with van der Waals surface area (Å²) in [5.41, 5.74) is 1.98. The molecule has 0 heterocycles. The van der Waals surface area contributed by atoms with Crippen LogP contribution in [0.3, 0.4) is 0 Å². The third-order valence-corrected chi connectivity index (χ3v) is 4.66. The summed E-state index contributed by atoms with van der Waals surface area (Å²) in [4.78, 5) is 24.9. The van der Waals surface area contributed by atoms with Crippen LogP contribution in [0.5, 0.6) is 11.5 Å². The molecular weight excluding hydrogens is 442 g/mol. The first-order chi connectivity index (χ1) is 16.6. The molecule has 2 aromatic rings. The fourth-order valence-corrected chi connectivity index (χ4v) is 3.00. The highest BCUT2D eigenvalue weighted by Crippen LogP contribution is 2.21. The largest absolute Gasteiger partial charge is 0.457 e. The number of carbonyl (C=O) groups excluding carboxylic acids is 2. The molecule has 0 bridgehead atoms. The number of nitrogens with zero attached hydrogens (tertiary/aromatic N) is 1. The molecule has 0 aromatic heterocycles. The average molecular weight is 472 g/mol. The van der Waals surface area contributed by atoms with Gasteiger partial charge in [0.2, 0.25) is 5.91 Å². The molecule has 0 fully saturated rings. The lowest BCUT2D eigenvalue weighted by molar-refractivity contribution is -0.136. The molecule has 0 aliphatic carbocycles. The average Bonchev–Trinajstić information content (AvgIpc) is 2.86. The first kappa shape index (κ1) is 26.8. The van der Waals surface area contributed by atoms with E-state index in [1.807, 2.05) is 43.3 Å². The molecule has 3 N–H and O–H groups in total. The molecule has 182 valence electrons. The van der Waals surface area contributed by atoms with Gasteiger partial charge < -0.3 is 24.3 Å². The van der Waals surface area contributed by atoms with Gasteiger partial charge in [0.25, 0.3) is 5.91 Å². The summed E-state index contributed by atoms with van der Waals surface area (Å²) in [6, 6.07) is 17.1. The number of para-hydroxylation sites is 1. The van der Waals surface area contributed by atoms with Crippen LogP contribution >= 0.6 is 0 Å². The van der Waals surface area contributed by atoms with Gasteiger partial charge in [-0.3, -0.25) is 14.8 Å². The third kappa shape index (κ3) is 9.56. The van der Waals surface area contributed by atoms with Gasteiger partial charge in [-0.1, -0.05) is 18.2 Å². The van der Waals surface area contributed by atoms with Crippen molar-refractivity contribution in [3.8, 4) is 17.6 Å². The predicted molar refractivity (Wildman–Crippen MR) is 121 cm³/mol. The van der Waals surface area contributed by atoms with Crippen LogP contribution in [0.1, 0.15) is 23.7 Å². The molecule has 2 unspecified atom stereocenters. The number of nitriles is 1. The van der Waals surface area contributed by atoms with Gasteiger partial charge in [0.05, 0.1) is 31.2 Å². The molecule has 0 aliphatic rings. The Morgan fingerprint density at radius 3 is 2.35 bits per heavy atom. The smallest absolute Gasteiger partial charge is 0.251 e. The molecule has 2 amide bonds. The first-order valence-corrected chi connectivity index (χ1v) is 10.7. The topological polar surface area (TPSA) is 139 Å². The lowest BCUT2D eigenvalue weighted by Crippen LogP contribution is -2.43. The standard InChI is InChI=1S/C24H29N3O7/c1-2-31-17-33-16-20(14-19(24(29)27-30)15-32-13-12-25)26-23(28)18-8-10-22(11-9-18)34-21-6-4-3-5-7-21/h3-11,19-20,30H,2,13-17H2,1H3,(H,26,28)(H,27,29). The van der Waals surface area contributed by atoms with Crippen LogP contribution < -0.4 is 15.5 Å². The number of carbonyl (C=O) groups is 2. The van der Waals surface area contributed by atoms with Crippen LogP contribution in [-0.4, -0.2) is 56.3 Å². The molecule has 0 radical (unpaired) electrons. The molecule has 0 spiro atoms. The zero-order valence-corrected chi connectivity index (χ0v) is 18.9. The Kier molecular flexibility index (Phi) is 12.1. The van der Waals surface area contributed by atoms with E-state index in [4.69, 9.17) is 29.4 Å². The Hall–Kier alpha value is -3.49. The SMILES string of the molecule is CCOCOCC(CC(COCC#N)C(=O)NO)NC(=O)c1ccc(Oc2ccccc2)cc1. The Balaban J connectivity index is 2.03. The van der Waals surface area contributed by atoms with Crippen LogP contribution in [0.15, 0.2) is 54.6 Å². The molecule has 2 rings (SSSR count). The maximum Gasteiger partial charge on any atom is 0.251 e. The number of ether oxygens (including phenoxy) is 4. The summed E-state index contributed by atoms with van der Waals surface area (Å²) in [7, 11) is 0. The van der Waals surface area contributed by atoms with Crippen molar-refractivity contribution in [2.75, 3.05) is 33.2 Å². The maximum absolute atomic E-state index is 12.8. The van der Waals surface area contributed by atoms with E-state index in [-0.39, 0.29) is 38.9 Å². The highest BCUT2D eigenvalue weighted by molar-refractivity contribution is 5.94. The first-order valence-electron chi connectivity index (χ1n) is 10.7. The second-order valence-corrected chi connectivity index (χ2v) is 7.17. The van der Waals surface area contributed by atoms with Crippen LogP contribution in [0.2, 0.25) is 0 Å². The number of nitrogens with one attached hydrogen (secondary N) is 2. The number of amides is 2. The Bertz CT molecular complexity index is 916. The van der Waals surface area contributed by atoms with Crippen LogP contribution in [-0.2, 0) is 19.0 Å². The van der Waals surface area contributed by atoms with Gasteiger partial charge in [0, 0.05) is 12.2 Å². The summed E-state index contributed by atoms with van der Waals surface area (Å²) in [6.45, 7) is 2.06. The Morgan fingerprint density at radius 2 is 1.71 bits per heavy atom. The zero-order chi connectivity index (χ0) is 24.6. The van der Waals surface area contributed by atoms with Gasteiger partial charge in [-0.15, -0.1) is 0 Å². The molecule has 10 nitrogen and oxygen atoms in total. The quantitative estimate of drug-likeness (QED) is 0.156. The van der Waals surface area contributed by atoms with Crippen molar-refractivity contribution < 1.29 is 33.7 Å². The van der Waals surface area contributed by atoms with Crippen molar-refractivity contribution in [1.29, 1.82) is 5.26 Å². The van der Waals surface area contributed by atoms with Crippen molar-refractivity contribution >= 4 is 11.8 Å². The molecule has 10 heteroatoms. The van der Waals surface area contributed by atoms with Crippen molar-refractivity contribution in [1.82, 2.24) is 10.8 Å². The minimum atomic E-state index is -0.819. The van der Waals surface area contributed by atoms with Crippen LogP contribution in [0.4, 0.5) is 0 Å². The lowest BCUT2D eigenvalue weighted by Gasteiger charge is -2.23. The molecular formula is C24H29N3O7. The van der Waals surface area contributed by atoms with E-state index < -0.39 is 17.9 Å². The van der Waals surface area contributed by atoms with E-state index >= 15 is 0 Å². The maximum atomic E-state index is 12.8. The zero-order valence-electron chi connectivity index (χ0n) is 18.9. The Morgan fingerprint density at radius 1 is 1.00 bits per heavy atom. The van der Waals surface area contributed by atoms with Gasteiger partial charge in [-0.2, -0.15) is 5.26 Å². The van der Waals surface area contributed by atoms with Gasteiger partial charge in [-0.05, 0) is 49.7 Å². The monoisotopic (exact) mass is 471 g/mol. The van der Waals surface area contributed by atoms with E-state index in [0.29, 0.717) is 23.7 Å². The Labute approximate surface area is 198 Å². The normalized spacial score (nSPS) is 12.3. The minimum Gasteiger partial charge on any atom is -0.457 e. The fourth-order valence-electron chi connectivity index (χ4n) is 3.00. The fraction of sp³-hybridized carbons (Fsp3) is 0.375. The second-order valence-electron chi connectivity index (χ2n) is 7.17. The number of benzene rings is 2. The van der Waals surface area contributed by atoms with Crippen molar-refractivity contribution in [3.63, 3.8) is 0 Å². The molecule has 0 saturated heterocycles. The summed E-state index contributed by atoms with van der Waals surface area (Å²) >= 11 is 0. The molecule has 2 atom stereocenters. The number of hydrogen-bond acceptors (Lipinski definition) is 8. The third-order valence-electron chi connectivity index (χ3n) is 4.66. The predicted octanol–water partition coefficient (Wildman–Crippen LogP) is 2.64. The molecule has 34 heavy (non-hydrogen) atoms. The highest BCUT2D eigenvalue weighted by Gasteiger charge is 2.25. The van der Waals surface area contributed by atoms with Gasteiger partial charge in [0.1, 0.15) is 24.9 Å². The van der Waals surface area contributed by atoms with E-state index in [1.54, 1.807) is 29.7 Å². The lowest BCUT2D eigenvalue weighted by atomic mass is 9.99. The van der Waals surface area contributed by atoms with Gasteiger partial charge in [0.15, 0.2) is 0 Å². The highest BCUT2D eigenvalue weighted by atomic mass is 16.7. The van der Waals surface area contributed by atoms with Gasteiger partial charge in [-0.25, -0.2) is 5.48 Å². The van der Waals surface area contributed by atoms with Crippen LogP contribution in [0, 0.1) is 17.2 Å². The number of hydrogen-bond donors (Lipinski definition) is 3. The summed E-state index contributed by atoms with van der Waals surface area (Å²) < 4.78 is 21.5. The van der Waals surface area contributed by atoms with E-state index in [0.717, 1.165) is 0 Å². The summed E-state index contributed by atoms with van der Waals surface area (Å²) in [5, 5.41) is 20.5. The minimum absolute atomic E-state index is 0.0240. The van der Waals surface area contributed by atoms with Crippen molar-refractivity contribution in [2.45, 2.75) is 19.4 Å². The second kappa shape index (κ2) is 15.4. The molecule has 2 aromatic carbocycles. The van der Waals surface area contributed by atoms with E-state index in [9.17, 15) is 9.59 Å².